The number of aromatic hydroxyl groups is 1. The normalized spacial score (nSPS) is 23.2. The fourth-order valence-corrected chi connectivity index (χ4v) is 2.13. The highest BCUT2D eigenvalue weighted by atomic mass is 16.6. The summed E-state index contributed by atoms with van der Waals surface area (Å²) < 4.78 is 5.42. The molecule has 1 fully saturated rings. The van der Waals surface area contributed by atoms with Crippen LogP contribution in [-0.2, 0) is 4.74 Å². The molecule has 5 heteroatoms. The third-order valence-electron chi connectivity index (χ3n) is 3.12. The van der Waals surface area contributed by atoms with Gasteiger partial charge in [-0.15, -0.1) is 0 Å². The summed E-state index contributed by atoms with van der Waals surface area (Å²) in [6, 6.07) is 6.51. The van der Waals surface area contributed by atoms with Crippen LogP contribution in [0.1, 0.15) is 19.8 Å². The van der Waals surface area contributed by atoms with Gasteiger partial charge in [0.15, 0.2) is 0 Å². The number of phenolic OH excluding ortho intramolecular Hbond substituents is 1. The number of hydrogen-bond acceptors (Lipinski definition) is 4. The number of amides is 1. The number of phenols is 1. The molecule has 1 aromatic rings. The molecule has 18 heavy (non-hydrogen) atoms. The summed E-state index contributed by atoms with van der Waals surface area (Å²) in [6.45, 7) is 3.02. The van der Waals surface area contributed by atoms with E-state index in [1.54, 1.807) is 29.2 Å². The van der Waals surface area contributed by atoms with Crippen LogP contribution in [0.5, 0.6) is 5.75 Å². The van der Waals surface area contributed by atoms with Gasteiger partial charge in [0, 0.05) is 5.69 Å². The highest BCUT2D eigenvalue weighted by Gasteiger charge is 2.41. The minimum Gasteiger partial charge on any atom is -0.508 e. The molecule has 0 spiro atoms. The Labute approximate surface area is 106 Å². The predicted molar refractivity (Wildman–Crippen MR) is 68.6 cm³/mol. The van der Waals surface area contributed by atoms with Crippen molar-refractivity contribution in [1.82, 2.24) is 0 Å². The lowest BCUT2D eigenvalue weighted by Gasteiger charge is -2.21. The topological polar surface area (TPSA) is 75.8 Å². The molecule has 0 bridgehead atoms. The zero-order valence-electron chi connectivity index (χ0n) is 10.4. The second kappa shape index (κ2) is 4.86. The molecule has 98 valence electrons. The SMILES string of the molecule is CC1(CCCN)CN(c2ccc(O)cc2)C(=O)O1. The van der Waals surface area contributed by atoms with Crippen molar-refractivity contribution >= 4 is 11.8 Å². The molecule has 3 N–H and O–H groups in total. The van der Waals surface area contributed by atoms with E-state index in [2.05, 4.69) is 0 Å². The Balaban J connectivity index is 2.11. The monoisotopic (exact) mass is 250 g/mol. The summed E-state index contributed by atoms with van der Waals surface area (Å²) in [7, 11) is 0. The van der Waals surface area contributed by atoms with Crippen molar-refractivity contribution in [3.05, 3.63) is 24.3 Å². The molecule has 0 aromatic heterocycles. The van der Waals surface area contributed by atoms with Crippen LogP contribution < -0.4 is 10.6 Å². The lowest BCUT2D eigenvalue weighted by molar-refractivity contribution is 0.0640. The fraction of sp³-hybridized carbons (Fsp3) is 0.462. The van der Waals surface area contributed by atoms with Gasteiger partial charge in [-0.1, -0.05) is 0 Å². The van der Waals surface area contributed by atoms with E-state index in [1.165, 1.54) is 0 Å². The number of nitrogens with zero attached hydrogens (tertiary/aromatic N) is 1. The van der Waals surface area contributed by atoms with Gasteiger partial charge in [0.05, 0.1) is 6.54 Å². The quantitative estimate of drug-likeness (QED) is 0.855. The molecule has 0 saturated carbocycles. The highest BCUT2D eigenvalue weighted by molar-refractivity contribution is 5.90. The van der Waals surface area contributed by atoms with Gasteiger partial charge in [-0.05, 0) is 50.6 Å². The van der Waals surface area contributed by atoms with E-state index >= 15 is 0 Å². The third kappa shape index (κ3) is 2.56. The Kier molecular flexibility index (Phi) is 3.43. The summed E-state index contributed by atoms with van der Waals surface area (Å²) in [6.07, 6.45) is 1.23. The van der Waals surface area contributed by atoms with E-state index in [9.17, 15) is 9.90 Å². The van der Waals surface area contributed by atoms with Crippen molar-refractivity contribution in [1.29, 1.82) is 0 Å². The smallest absolute Gasteiger partial charge is 0.415 e. The van der Waals surface area contributed by atoms with Gasteiger partial charge in [-0.2, -0.15) is 0 Å². The van der Waals surface area contributed by atoms with Crippen LogP contribution in [0.15, 0.2) is 24.3 Å². The Morgan fingerprint density at radius 2 is 2.11 bits per heavy atom. The molecule has 1 aliphatic heterocycles. The van der Waals surface area contributed by atoms with Crippen molar-refractivity contribution in [2.24, 2.45) is 5.73 Å². The maximum absolute atomic E-state index is 11.8. The number of benzene rings is 1. The molecular weight excluding hydrogens is 232 g/mol. The summed E-state index contributed by atoms with van der Waals surface area (Å²) in [5.74, 6) is 0.178. The largest absolute Gasteiger partial charge is 0.508 e. The molecule has 1 aliphatic rings. The second-order valence-corrected chi connectivity index (χ2v) is 4.81. The minimum absolute atomic E-state index is 0.178. The molecular formula is C13H18N2O3. The van der Waals surface area contributed by atoms with Crippen molar-refractivity contribution in [3.8, 4) is 5.75 Å². The highest BCUT2D eigenvalue weighted by Crippen LogP contribution is 2.31. The van der Waals surface area contributed by atoms with Crippen LogP contribution in [0.3, 0.4) is 0 Å². The van der Waals surface area contributed by atoms with E-state index in [4.69, 9.17) is 10.5 Å². The first-order valence-electron chi connectivity index (χ1n) is 6.04. The van der Waals surface area contributed by atoms with Crippen LogP contribution in [0, 0.1) is 0 Å². The molecule has 2 rings (SSSR count). The Hall–Kier alpha value is -1.75. The first kappa shape index (κ1) is 12.7. The molecule has 1 amide bonds. The van der Waals surface area contributed by atoms with Gasteiger partial charge >= 0.3 is 6.09 Å². The lowest BCUT2D eigenvalue weighted by Crippen LogP contribution is -2.31. The molecule has 1 atom stereocenters. The zero-order chi connectivity index (χ0) is 13.2. The van der Waals surface area contributed by atoms with Gasteiger partial charge in [-0.3, -0.25) is 4.90 Å². The van der Waals surface area contributed by atoms with Crippen LogP contribution in [0.4, 0.5) is 10.5 Å². The Morgan fingerprint density at radius 3 is 2.72 bits per heavy atom. The number of anilines is 1. The van der Waals surface area contributed by atoms with Crippen molar-refractivity contribution in [2.75, 3.05) is 18.0 Å². The first-order chi connectivity index (χ1) is 8.54. The van der Waals surface area contributed by atoms with E-state index < -0.39 is 5.60 Å². The predicted octanol–water partition coefficient (Wildman–Crippen LogP) is 1.85. The lowest BCUT2D eigenvalue weighted by atomic mass is 10.00. The van der Waals surface area contributed by atoms with Crippen molar-refractivity contribution < 1.29 is 14.6 Å². The summed E-state index contributed by atoms with van der Waals surface area (Å²) in [5, 5.41) is 9.24. The number of ether oxygens (including phenoxy) is 1. The molecule has 1 unspecified atom stereocenters. The Bertz CT molecular complexity index is 432. The number of carbonyl (C=O) groups excluding carboxylic acids is 1. The molecule has 5 nitrogen and oxygen atoms in total. The average Bonchev–Trinajstić information content (AvgIpc) is 2.64. The van der Waals surface area contributed by atoms with Gasteiger partial charge < -0.3 is 15.6 Å². The van der Waals surface area contributed by atoms with Gasteiger partial charge in [0.25, 0.3) is 0 Å². The fourth-order valence-electron chi connectivity index (χ4n) is 2.13. The van der Waals surface area contributed by atoms with Crippen molar-refractivity contribution in [3.63, 3.8) is 0 Å². The van der Waals surface area contributed by atoms with Crippen LogP contribution in [0.2, 0.25) is 0 Å². The Morgan fingerprint density at radius 1 is 1.44 bits per heavy atom. The standard InChI is InChI=1S/C13H18N2O3/c1-13(7-2-8-14)9-15(12(17)18-13)10-3-5-11(16)6-4-10/h3-6,16H,2,7-9,14H2,1H3. The average molecular weight is 250 g/mol. The minimum atomic E-state index is -0.478. The number of nitrogens with two attached hydrogens (primary N) is 1. The van der Waals surface area contributed by atoms with Crippen LogP contribution in [-0.4, -0.2) is 29.9 Å². The number of hydrogen-bond donors (Lipinski definition) is 2. The molecule has 1 heterocycles. The molecule has 1 saturated heterocycles. The number of carbonyl (C=O) groups is 1. The van der Waals surface area contributed by atoms with Gasteiger partial charge in [0.2, 0.25) is 0 Å². The van der Waals surface area contributed by atoms with Gasteiger partial charge in [-0.25, -0.2) is 4.79 Å². The third-order valence-corrected chi connectivity index (χ3v) is 3.12. The molecule has 0 radical (unpaired) electrons. The van der Waals surface area contributed by atoms with E-state index in [-0.39, 0.29) is 11.8 Å². The van der Waals surface area contributed by atoms with E-state index in [0.717, 1.165) is 18.5 Å². The second-order valence-electron chi connectivity index (χ2n) is 4.81. The van der Waals surface area contributed by atoms with Crippen LogP contribution >= 0.6 is 0 Å². The maximum atomic E-state index is 11.8. The first-order valence-corrected chi connectivity index (χ1v) is 6.04. The maximum Gasteiger partial charge on any atom is 0.415 e. The summed E-state index contributed by atoms with van der Waals surface area (Å²) >= 11 is 0. The number of rotatable bonds is 4. The molecule has 0 aliphatic carbocycles. The van der Waals surface area contributed by atoms with Crippen LogP contribution in [0.25, 0.3) is 0 Å². The summed E-state index contributed by atoms with van der Waals surface area (Å²) in [5.41, 5.74) is 5.73. The number of cyclic esters (lactones) is 1. The summed E-state index contributed by atoms with van der Waals surface area (Å²) in [4.78, 5) is 13.4. The van der Waals surface area contributed by atoms with E-state index in [1.807, 2.05) is 6.92 Å². The molecule has 1 aromatic carbocycles. The van der Waals surface area contributed by atoms with E-state index in [0.29, 0.717) is 13.1 Å². The zero-order valence-corrected chi connectivity index (χ0v) is 10.4. The van der Waals surface area contributed by atoms with Gasteiger partial charge in [0.1, 0.15) is 11.4 Å². The van der Waals surface area contributed by atoms with Crippen molar-refractivity contribution in [2.45, 2.75) is 25.4 Å².